The molecule has 1 N–H and O–H groups in total. The molecule has 4 fully saturated rings. The minimum Gasteiger partial charge on any atom is -0.481 e. The van der Waals surface area contributed by atoms with E-state index in [0.29, 0.717) is 31.0 Å². The number of rotatable bonds is 1. The Bertz CT molecular complexity index is 1060. The van der Waals surface area contributed by atoms with Crippen molar-refractivity contribution >= 4 is 17.5 Å². The van der Waals surface area contributed by atoms with E-state index in [2.05, 4.69) is 46.8 Å². The fourth-order valence-corrected chi connectivity index (χ4v) is 9.55. The fourth-order valence-electron chi connectivity index (χ4n) is 9.55. The molecule has 4 saturated carbocycles. The maximum Gasteiger partial charge on any atom is 0.310 e. The van der Waals surface area contributed by atoms with Gasteiger partial charge in [-0.25, -0.2) is 0 Å². The molecule has 0 radical (unpaired) electrons. The number of Topliss-reactive ketones (excluding diaryl/α,β-unsaturated/α-hetero) is 2. The molecule has 0 spiro atoms. The molecule has 0 amide bonds. The molecular formula is C30H42O4. The van der Waals surface area contributed by atoms with Crippen LogP contribution in [0.5, 0.6) is 0 Å². The molecule has 0 bridgehead atoms. The van der Waals surface area contributed by atoms with Crippen LogP contribution in [0.4, 0.5) is 0 Å². The van der Waals surface area contributed by atoms with E-state index in [1.807, 2.05) is 13.8 Å². The lowest BCUT2D eigenvalue weighted by molar-refractivity contribution is -0.168. The van der Waals surface area contributed by atoms with Crippen molar-refractivity contribution in [2.75, 3.05) is 0 Å². The zero-order valence-corrected chi connectivity index (χ0v) is 22.1. The summed E-state index contributed by atoms with van der Waals surface area (Å²) in [4.78, 5) is 38.6. The van der Waals surface area contributed by atoms with Crippen molar-refractivity contribution in [1.82, 2.24) is 0 Å². The van der Waals surface area contributed by atoms with E-state index < -0.39 is 16.8 Å². The second-order valence-electron chi connectivity index (χ2n) is 14.2. The Hall–Kier alpha value is -1.71. The minimum atomic E-state index is -0.972. The molecule has 1 unspecified atom stereocenters. The first-order chi connectivity index (χ1) is 15.6. The third kappa shape index (κ3) is 2.64. The summed E-state index contributed by atoms with van der Waals surface area (Å²) in [5.74, 6) is -0.0772. The van der Waals surface area contributed by atoms with Gasteiger partial charge in [0.2, 0.25) is 0 Å². The first-order valence-electron chi connectivity index (χ1n) is 13.3. The molecule has 186 valence electrons. The third-order valence-electron chi connectivity index (χ3n) is 12.1. The quantitative estimate of drug-likeness (QED) is 0.476. The molecule has 4 nitrogen and oxygen atoms in total. The molecular weight excluding hydrogens is 424 g/mol. The Labute approximate surface area is 204 Å². The monoisotopic (exact) mass is 466 g/mol. The number of carboxylic acids is 1. The van der Waals surface area contributed by atoms with Crippen molar-refractivity contribution in [1.29, 1.82) is 0 Å². The summed E-state index contributed by atoms with van der Waals surface area (Å²) in [6.45, 7) is 15.5. The summed E-state index contributed by atoms with van der Waals surface area (Å²) in [6, 6.07) is 0. The lowest BCUT2D eigenvalue weighted by Crippen LogP contribution is -2.62. The average molecular weight is 467 g/mol. The predicted molar refractivity (Wildman–Crippen MR) is 132 cm³/mol. The summed E-state index contributed by atoms with van der Waals surface area (Å²) in [6.07, 6.45) is 10.3. The van der Waals surface area contributed by atoms with Gasteiger partial charge >= 0.3 is 5.97 Å². The van der Waals surface area contributed by atoms with Gasteiger partial charge in [0.05, 0.1) is 5.41 Å². The molecule has 6 atom stereocenters. The smallest absolute Gasteiger partial charge is 0.310 e. The molecule has 0 saturated heterocycles. The molecule has 5 aliphatic carbocycles. The Morgan fingerprint density at radius 1 is 0.882 bits per heavy atom. The summed E-state index contributed by atoms with van der Waals surface area (Å²) in [5.41, 5.74) is 0.770. The zero-order valence-electron chi connectivity index (χ0n) is 22.1. The second-order valence-corrected chi connectivity index (χ2v) is 14.2. The van der Waals surface area contributed by atoms with Gasteiger partial charge in [-0.1, -0.05) is 71.8 Å². The lowest BCUT2D eigenvalue weighted by Gasteiger charge is -2.67. The normalized spacial score (nSPS) is 46.8. The standard InChI is InChI=1S/C30H42O4/c1-25(2)16-19-18-8-9-21-27(5)12-11-22(31)26(3,4)20(27)10-13-29(21,7)28(18,6)14-15-30(19,24(33)34)17-23(25)32/h8-9,19-20H,10-17H2,1-7H3,(H,33,34)/t19-,20?,27+,28-,29-,30-/m1/s1. The first-order valence-corrected chi connectivity index (χ1v) is 13.3. The highest BCUT2D eigenvalue weighted by atomic mass is 16.4. The summed E-state index contributed by atoms with van der Waals surface area (Å²) in [7, 11) is 0. The Morgan fingerprint density at radius 3 is 2.21 bits per heavy atom. The molecule has 0 aromatic heterocycles. The Kier molecular flexibility index (Phi) is 4.75. The summed E-state index contributed by atoms with van der Waals surface area (Å²) in [5, 5.41) is 10.4. The van der Waals surface area contributed by atoms with E-state index in [1.54, 1.807) is 0 Å². The molecule has 0 aromatic carbocycles. The SMILES string of the molecule is CC1(C)C[C@@H]2C3=CC=C4[C@@]5(C)CCC(=O)C(C)(C)C5CC[C@@]4(C)[C@]3(C)CC[C@@]2(C(=O)O)CC1=O. The summed E-state index contributed by atoms with van der Waals surface area (Å²) >= 11 is 0. The van der Waals surface area contributed by atoms with Gasteiger partial charge in [-0.2, -0.15) is 0 Å². The number of hydrogen-bond donors (Lipinski definition) is 1. The van der Waals surface area contributed by atoms with Crippen molar-refractivity contribution in [3.8, 4) is 0 Å². The highest BCUT2D eigenvalue weighted by Crippen LogP contribution is 2.74. The predicted octanol–water partition coefficient (Wildman–Crippen LogP) is 6.54. The summed E-state index contributed by atoms with van der Waals surface area (Å²) < 4.78 is 0. The van der Waals surface area contributed by atoms with E-state index in [1.165, 1.54) is 11.1 Å². The number of hydrogen-bond acceptors (Lipinski definition) is 3. The van der Waals surface area contributed by atoms with Crippen molar-refractivity contribution in [3.05, 3.63) is 23.3 Å². The van der Waals surface area contributed by atoms with Crippen LogP contribution in [0.1, 0.15) is 99.8 Å². The van der Waals surface area contributed by atoms with Crippen LogP contribution >= 0.6 is 0 Å². The molecule has 4 heteroatoms. The van der Waals surface area contributed by atoms with E-state index in [4.69, 9.17) is 0 Å². The van der Waals surface area contributed by atoms with Crippen molar-refractivity contribution in [3.63, 3.8) is 0 Å². The number of aliphatic carboxylic acids is 1. The topological polar surface area (TPSA) is 71.4 Å². The Morgan fingerprint density at radius 2 is 1.56 bits per heavy atom. The van der Waals surface area contributed by atoms with Crippen LogP contribution in [0.3, 0.4) is 0 Å². The second kappa shape index (κ2) is 6.73. The zero-order chi connectivity index (χ0) is 25.1. The highest BCUT2D eigenvalue weighted by molar-refractivity contribution is 5.92. The van der Waals surface area contributed by atoms with Crippen LogP contribution < -0.4 is 0 Å². The number of fused-ring (bicyclic) bond motifs is 7. The van der Waals surface area contributed by atoms with E-state index >= 15 is 0 Å². The van der Waals surface area contributed by atoms with Gasteiger partial charge < -0.3 is 5.11 Å². The van der Waals surface area contributed by atoms with Crippen LogP contribution in [-0.4, -0.2) is 22.6 Å². The van der Waals surface area contributed by atoms with Crippen LogP contribution in [0.2, 0.25) is 0 Å². The first kappa shape index (κ1) is 24.0. The van der Waals surface area contributed by atoms with Crippen molar-refractivity contribution < 1.29 is 19.5 Å². The number of carboxylic acid groups (broad SMARTS) is 1. The van der Waals surface area contributed by atoms with Gasteiger partial charge in [0.1, 0.15) is 11.6 Å². The third-order valence-corrected chi connectivity index (χ3v) is 12.1. The van der Waals surface area contributed by atoms with Crippen LogP contribution in [0.25, 0.3) is 0 Å². The largest absolute Gasteiger partial charge is 0.481 e. The Balaban J connectivity index is 1.67. The number of carbonyl (C=O) groups is 3. The van der Waals surface area contributed by atoms with Gasteiger partial charge in [-0.15, -0.1) is 0 Å². The maximum absolute atomic E-state index is 13.0. The van der Waals surface area contributed by atoms with Crippen LogP contribution in [0, 0.1) is 44.3 Å². The van der Waals surface area contributed by atoms with Crippen molar-refractivity contribution in [2.24, 2.45) is 44.3 Å². The number of allylic oxidation sites excluding steroid dienone is 4. The van der Waals surface area contributed by atoms with Gasteiger partial charge in [0, 0.05) is 23.7 Å². The van der Waals surface area contributed by atoms with Gasteiger partial charge in [-0.05, 0) is 66.6 Å². The van der Waals surface area contributed by atoms with Crippen LogP contribution in [0.15, 0.2) is 23.3 Å². The van der Waals surface area contributed by atoms with E-state index in [9.17, 15) is 19.5 Å². The van der Waals surface area contributed by atoms with Gasteiger partial charge in [-0.3, -0.25) is 14.4 Å². The number of ketones is 2. The average Bonchev–Trinajstić information content (AvgIpc) is 2.72. The molecule has 0 aliphatic heterocycles. The van der Waals surface area contributed by atoms with Gasteiger partial charge in [0.15, 0.2) is 0 Å². The van der Waals surface area contributed by atoms with E-state index in [0.717, 1.165) is 25.7 Å². The molecule has 5 aliphatic rings. The minimum absolute atomic E-state index is 0.0153. The van der Waals surface area contributed by atoms with E-state index in [-0.39, 0.29) is 39.8 Å². The van der Waals surface area contributed by atoms with Crippen molar-refractivity contribution in [2.45, 2.75) is 99.8 Å². The maximum atomic E-state index is 13.0. The lowest BCUT2D eigenvalue weighted by atomic mass is 9.36. The molecule has 5 rings (SSSR count). The highest BCUT2D eigenvalue weighted by Gasteiger charge is 2.68. The fraction of sp³-hybridized carbons (Fsp3) is 0.767. The molecule has 0 aromatic rings. The van der Waals surface area contributed by atoms with Crippen LogP contribution in [-0.2, 0) is 14.4 Å². The molecule has 34 heavy (non-hydrogen) atoms. The number of carbonyl (C=O) groups excluding carboxylic acids is 2. The van der Waals surface area contributed by atoms with Gasteiger partial charge in [0.25, 0.3) is 0 Å². The molecule has 0 heterocycles.